The molecule has 0 aromatic carbocycles. The molecule has 0 saturated heterocycles. The molecule has 0 bridgehead atoms. The van der Waals surface area contributed by atoms with Gasteiger partial charge in [-0.1, -0.05) is 11.3 Å². The highest BCUT2D eigenvalue weighted by atomic mass is 32.1. The summed E-state index contributed by atoms with van der Waals surface area (Å²) in [6.45, 7) is 2.95. The molecule has 1 N–H and O–H groups in total. The van der Waals surface area contributed by atoms with Crippen LogP contribution in [0.1, 0.15) is 55.3 Å². The first-order chi connectivity index (χ1) is 15.7. The number of carbonyl (C=O) groups is 1. The molecular weight excluding hydrogens is 450 g/mol. The van der Waals surface area contributed by atoms with Crippen LogP contribution in [0.15, 0.2) is 6.20 Å². The third-order valence-corrected chi connectivity index (χ3v) is 7.36. The van der Waals surface area contributed by atoms with Gasteiger partial charge in [0.05, 0.1) is 24.0 Å². The second-order valence-electron chi connectivity index (χ2n) is 9.31. The topological polar surface area (TPSA) is 85.2 Å². The average Bonchev–Trinajstić information content (AvgIpc) is 3.36. The van der Waals surface area contributed by atoms with Gasteiger partial charge in [-0.25, -0.2) is 13.8 Å². The van der Waals surface area contributed by atoms with Crippen LogP contribution in [-0.2, 0) is 31.2 Å². The Bertz CT molecular complexity index is 936. The Morgan fingerprint density at radius 3 is 2.82 bits per heavy atom. The summed E-state index contributed by atoms with van der Waals surface area (Å²) < 4.78 is 31.2. The molecule has 182 valence electrons. The van der Waals surface area contributed by atoms with E-state index < -0.39 is 12.5 Å². The van der Waals surface area contributed by atoms with Crippen LogP contribution in [0.3, 0.4) is 0 Å². The van der Waals surface area contributed by atoms with Crippen molar-refractivity contribution in [3.05, 3.63) is 22.5 Å². The molecule has 4 rings (SSSR count). The molecule has 1 fully saturated rings. The van der Waals surface area contributed by atoms with Crippen LogP contribution in [-0.4, -0.2) is 62.4 Å². The number of thiazole rings is 1. The van der Waals surface area contributed by atoms with Gasteiger partial charge in [-0.2, -0.15) is 15.0 Å². The van der Waals surface area contributed by atoms with E-state index in [1.54, 1.807) is 13.2 Å². The van der Waals surface area contributed by atoms with Crippen LogP contribution in [0.2, 0.25) is 0 Å². The summed E-state index contributed by atoms with van der Waals surface area (Å²) in [6.07, 6.45) is 8.18. The fourth-order valence-electron chi connectivity index (χ4n) is 4.54. The minimum absolute atomic E-state index is 0.0114. The molecule has 0 spiro atoms. The summed E-state index contributed by atoms with van der Waals surface area (Å²) >= 11 is 1.39. The molecule has 0 atom stereocenters. The maximum absolute atomic E-state index is 13.0. The quantitative estimate of drug-likeness (QED) is 0.592. The average molecular weight is 483 g/mol. The highest BCUT2D eigenvalue weighted by Gasteiger charge is 2.27. The van der Waals surface area contributed by atoms with E-state index in [0.29, 0.717) is 16.8 Å². The number of alkyl halides is 2. The Morgan fingerprint density at radius 1 is 1.33 bits per heavy atom. The van der Waals surface area contributed by atoms with Crippen molar-refractivity contribution in [2.24, 2.45) is 13.0 Å². The van der Waals surface area contributed by atoms with Crippen molar-refractivity contribution in [3.63, 3.8) is 0 Å². The van der Waals surface area contributed by atoms with E-state index in [2.05, 4.69) is 25.4 Å². The number of aromatic nitrogens is 4. The molecular formula is C22H32F2N6O2S. The van der Waals surface area contributed by atoms with Crippen molar-refractivity contribution < 1.29 is 18.3 Å². The lowest BCUT2D eigenvalue weighted by Gasteiger charge is -2.32. The Hall–Kier alpha value is -2.14. The molecule has 0 unspecified atom stereocenters. The van der Waals surface area contributed by atoms with Crippen LogP contribution < -0.4 is 10.1 Å². The summed E-state index contributed by atoms with van der Waals surface area (Å²) in [4.78, 5) is 21.7. The van der Waals surface area contributed by atoms with E-state index in [1.165, 1.54) is 16.1 Å². The molecule has 1 saturated carbocycles. The van der Waals surface area contributed by atoms with E-state index in [0.717, 1.165) is 75.7 Å². The lowest BCUT2D eigenvalue weighted by atomic mass is 9.84. The maximum atomic E-state index is 13.0. The molecule has 11 heteroatoms. The normalized spacial score (nSPS) is 21.6. The molecule has 3 heterocycles. The Morgan fingerprint density at radius 2 is 2.12 bits per heavy atom. The zero-order valence-corrected chi connectivity index (χ0v) is 20.0. The largest absolute Gasteiger partial charge is 0.464 e. The predicted octanol–water partition coefficient (Wildman–Crippen LogP) is 2.97. The summed E-state index contributed by atoms with van der Waals surface area (Å²) in [7, 11) is 1.74. The molecule has 8 nitrogen and oxygen atoms in total. The number of rotatable bonds is 9. The zero-order valence-electron chi connectivity index (χ0n) is 19.2. The molecule has 1 aliphatic carbocycles. The second kappa shape index (κ2) is 10.4. The Kier molecular flexibility index (Phi) is 7.58. The number of aryl methyl sites for hydroxylation is 1. The number of carbonyl (C=O) groups excluding carboxylic acids is 1. The summed E-state index contributed by atoms with van der Waals surface area (Å²) in [5.74, 6) is -2.17. The van der Waals surface area contributed by atoms with Gasteiger partial charge in [0.1, 0.15) is 0 Å². The van der Waals surface area contributed by atoms with Crippen LogP contribution >= 0.6 is 11.3 Å². The maximum Gasteiger partial charge on any atom is 0.278 e. The van der Waals surface area contributed by atoms with Gasteiger partial charge in [0, 0.05) is 38.0 Å². The number of nitrogens with zero attached hydrogens (tertiary/aromatic N) is 5. The lowest BCUT2D eigenvalue weighted by Crippen LogP contribution is -2.39. The number of nitrogens with one attached hydrogen (secondary N) is 1. The van der Waals surface area contributed by atoms with Crippen molar-refractivity contribution in [2.75, 3.05) is 19.7 Å². The first-order valence-electron chi connectivity index (χ1n) is 11.6. The molecule has 33 heavy (non-hydrogen) atoms. The fourth-order valence-corrected chi connectivity index (χ4v) is 5.45. The smallest absolute Gasteiger partial charge is 0.278 e. The molecule has 2 aromatic heterocycles. The minimum Gasteiger partial charge on any atom is -0.464 e. The van der Waals surface area contributed by atoms with Crippen molar-refractivity contribution in [1.29, 1.82) is 0 Å². The van der Waals surface area contributed by atoms with E-state index in [1.807, 2.05) is 0 Å². The summed E-state index contributed by atoms with van der Waals surface area (Å²) in [6, 6.07) is 0.242. The number of halogens is 2. The lowest BCUT2D eigenvalue weighted by molar-refractivity contribution is -0.121. The molecule has 0 radical (unpaired) electrons. The second-order valence-corrected chi connectivity index (χ2v) is 10.4. The summed E-state index contributed by atoms with van der Waals surface area (Å²) in [5, 5.41) is 11.7. The predicted molar refractivity (Wildman–Crippen MR) is 120 cm³/mol. The van der Waals surface area contributed by atoms with E-state index in [4.69, 9.17) is 4.74 Å². The van der Waals surface area contributed by atoms with Gasteiger partial charge in [-0.15, -0.1) is 0 Å². The molecule has 1 aliphatic heterocycles. The summed E-state index contributed by atoms with van der Waals surface area (Å²) in [5.41, 5.74) is 1.66. The van der Waals surface area contributed by atoms with E-state index in [9.17, 15) is 13.6 Å². The Balaban J connectivity index is 1.15. The molecule has 2 aromatic rings. The van der Waals surface area contributed by atoms with Crippen molar-refractivity contribution in [1.82, 2.24) is 30.2 Å². The standard InChI is InChI=1S/C22H32F2N6O2S/c1-22(23,24)14-32-21-27-18-13-30(10-8-19(18)33-21)9-7-15-3-5-16(6-4-15)26-20(31)11-17-12-25-29(2)28-17/h12,15-16H,3-11,13-14H2,1-2H3,(H,26,31). The van der Waals surface area contributed by atoms with Crippen LogP contribution in [0.5, 0.6) is 5.19 Å². The van der Waals surface area contributed by atoms with Crippen LogP contribution in [0.25, 0.3) is 0 Å². The van der Waals surface area contributed by atoms with Gasteiger partial charge in [0.2, 0.25) is 5.91 Å². The van der Waals surface area contributed by atoms with Crippen molar-refractivity contribution in [3.8, 4) is 5.19 Å². The van der Waals surface area contributed by atoms with Gasteiger partial charge >= 0.3 is 0 Å². The van der Waals surface area contributed by atoms with Crippen LogP contribution in [0.4, 0.5) is 8.78 Å². The minimum atomic E-state index is -2.85. The van der Waals surface area contributed by atoms with Crippen molar-refractivity contribution in [2.45, 2.75) is 70.4 Å². The van der Waals surface area contributed by atoms with Gasteiger partial charge in [0.15, 0.2) is 6.61 Å². The number of hydrogen-bond donors (Lipinski definition) is 1. The first-order valence-corrected chi connectivity index (χ1v) is 12.4. The number of hydrogen-bond acceptors (Lipinski definition) is 7. The first kappa shape index (κ1) is 24.0. The fraction of sp³-hybridized carbons (Fsp3) is 0.727. The van der Waals surface area contributed by atoms with Crippen molar-refractivity contribution >= 4 is 17.2 Å². The third-order valence-electron chi connectivity index (χ3n) is 6.29. The monoisotopic (exact) mass is 482 g/mol. The van der Waals surface area contributed by atoms with Gasteiger partial charge < -0.3 is 10.1 Å². The number of fused-ring (bicyclic) bond motifs is 1. The van der Waals surface area contributed by atoms with Gasteiger partial charge in [-0.3, -0.25) is 9.69 Å². The SMILES string of the molecule is Cn1ncc(CC(=O)NC2CCC(CCN3CCc4sc(OCC(C)(F)F)nc4C3)CC2)n1. The number of ether oxygens (including phenoxy) is 1. The highest BCUT2D eigenvalue weighted by molar-refractivity contribution is 7.13. The number of amides is 1. The third kappa shape index (κ3) is 7.17. The highest BCUT2D eigenvalue weighted by Crippen LogP contribution is 2.32. The van der Waals surface area contributed by atoms with E-state index >= 15 is 0 Å². The molecule has 1 amide bonds. The zero-order chi connectivity index (χ0) is 23.4. The Labute approximate surface area is 196 Å². The van der Waals surface area contributed by atoms with Crippen LogP contribution in [0, 0.1) is 5.92 Å². The van der Waals surface area contributed by atoms with E-state index in [-0.39, 0.29) is 18.4 Å². The van der Waals surface area contributed by atoms with Gasteiger partial charge in [0.25, 0.3) is 11.1 Å². The molecule has 2 aliphatic rings. The van der Waals surface area contributed by atoms with Gasteiger partial charge in [-0.05, 0) is 51.0 Å².